The Kier molecular flexibility index (Phi) is 5.76. The summed E-state index contributed by atoms with van der Waals surface area (Å²) in [7, 11) is 1.32. The average molecular weight is 293 g/mol. The quantitative estimate of drug-likeness (QED) is 0.866. The van der Waals surface area contributed by atoms with Gasteiger partial charge in [-0.2, -0.15) is 0 Å². The summed E-state index contributed by atoms with van der Waals surface area (Å²) < 4.78 is 9.90. The van der Waals surface area contributed by atoms with Crippen LogP contribution in [0.15, 0.2) is 24.3 Å². The van der Waals surface area contributed by atoms with Crippen molar-refractivity contribution in [3.63, 3.8) is 0 Å². The molecule has 1 aromatic rings. The molecule has 5 nitrogen and oxygen atoms in total. The van der Waals surface area contributed by atoms with Gasteiger partial charge >= 0.3 is 12.1 Å². The van der Waals surface area contributed by atoms with Gasteiger partial charge in [0.1, 0.15) is 5.60 Å². The maximum Gasteiger partial charge on any atom is 0.408 e. The number of carbonyl (C=O) groups excluding carboxylic acids is 2. The fourth-order valence-corrected chi connectivity index (χ4v) is 1.75. The summed E-state index contributed by atoms with van der Waals surface area (Å²) in [6, 6.07) is 7.13. The molecule has 0 spiro atoms. The molecule has 1 aromatic carbocycles. The average Bonchev–Trinajstić information content (AvgIpc) is 2.36. The first kappa shape index (κ1) is 17.0. The zero-order chi connectivity index (χ0) is 16.0. The first-order valence-corrected chi connectivity index (χ1v) is 6.84. The van der Waals surface area contributed by atoms with Crippen molar-refractivity contribution < 1.29 is 19.1 Å². The summed E-state index contributed by atoms with van der Waals surface area (Å²) in [5, 5.41) is 2.71. The van der Waals surface area contributed by atoms with Crippen molar-refractivity contribution in [2.45, 2.75) is 45.8 Å². The van der Waals surface area contributed by atoms with Crippen LogP contribution in [0.3, 0.4) is 0 Å². The lowest BCUT2D eigenvalue weighted by Gasteiger charge is -2.23. The molecule has 0 bridgehead atoms. The van der Waals surface area contributed by atoms with E-state index in [2.05, 4.69) is 10.1 Å². The van der Waals surface area contributed by atoms with E-state index in [1.165, 1.54) is 7.11 Å². The van der Waals surface area contributed by atoms with Crippen molar-refractivity contribution in [2.24, 2.45) is 0 Å². The Morgan fingerprint density at radius 2 is 1.76 bits per heavy atom. The van der Waals surface area contributed by atoms with Gasteiger partial charge in [-0.1, -0.05) is 29.8 Å². The molecule has 0 aliphatic heterocycles. The molecule has 1 unspecified atom stereocenters. The van der Waals surface area contributed by atoms with Crippen molar-refractivity contribution in [1.29, 1.82) is 0 Å². The number of methoxy groups -OCH3 is 1. The largest absolute Gasteiger partial charge is 0.469 e. The van der Waals surface area contributed by atoms with E-state index in [4.69, 9.17) is 4.74 Å². The van der Waals surface area contributed by atoms with Gasteiger partial charge in [0, 0.05) is 0 Å². The van der Waals surface area contributed by atoms with E-state index in [1.54, 1.807) is 20.8 Å². The summed E-state index contributed by atoms with van der Waals surface area (Å²) >= 11 is 0. The van der Waals surface area contributed by atoms with Gasteiger partial charge in [0.2, 0.25) is 0 Å². The van der Waals surface area contributed by atoms with Crippen LogP contribution in [0.2, 0.25) is 0 Å². The smallest absolute Gasteiger partial charge is 0.408 e. The molecule has 0 aromatic heterocycles. The highest BCUT2D eigenvalue weighted by molar-refractivity contribution is 5.73. The Labute approximate surface area is 125 Å². The number of ether oxygens (including phenoxy) is 2. The number of aryl methyl sites for hydroxylation is 1. The Balaban J connectivity index is 2.84. The lowest BCUT2D eigenvalue weighted by Crippen LogP contribution is -2.36. The SMILES string of the molecule is COC(=O)CC(NC(=O)OC(C)(C)C)c1ccc(C)cc1. The zero-order valence-electron chi connectivity index (χ0n) is 13.2. The van der Waals surface area contributed by atoms with Crippen molar-refractivity contribution >= 4 is 12.1 Å². The van der Waals surface area contributed by atoms with E-state index >= 15 is 0 Å². The van der Waals surface area contributed by atoms with Crippen LogP contribution in [-0.4, -0.2) is 24.8 Å². The maximum atomic E-state index is 11.9. The lowest BCUT2D eigenvalue weighted by atomic mass is 10.0. The second-order valence-electron chi connectivity index (χ2n) is 5.89. The van der Waals surface area contributed by atoms with Crippen LogP contribution in [0.1, 0.15) is 44.4 Å². The fraction of sp³-hybridized carbons (Fsp3) is 0.500. The summed E-state index contributed by atoms with van der Waals surface area (Å²) in [5.41, 5.74) is 1.34. The third-order valence-corrected chi connectivity index (χ3v) is 2.77. The molecule has 0 saturated carbocycles. The molecule has 0 heterocycles. The van der Waals surface area contributed by atoms with Crippen LogP contribution in [0.25, 0.3) is 0 Å². The summed E-state index contributed by atoms with van der Waals surface area (Å²) in [6.07, 6.45) is -0.504. The zero-order valence-corrected chi connectivity index (χ0v) is 13.2. The minimum atomic E-state index is -0.590. The number of nitrogens with one attached hydrogen (secondary N) is 1. The number of benzene rings is 1. The fourth-order valence-electron chi connectivity index (χ4n) is 1.75. The number of hydrogen-bond acceptors (Lipinski definition) is 4. The molecule has 0 aliphatic carbocycles. The van der Waals surface area contributed by atoms with Crippen LogP contribution in [0, 0.1) is 6.92 Å². The van der Waals surface area contributed by atoms with E-state index in [0.29, 0.717) is 0 Å². The third-order valence-electron chi connectivity index (χ3n) is 2.77. The number of hydrogen-bond donors (Lipinski definition) is 1. The molecule has 5 heteroatoms. The highest BCUT2D eigenvalue weighted by atomic mass is 16.6. The van der Waals surface area contributed by atoms with E-state index in [-0.39, 0.29) is 6.42 Å². The van der Waals surface area contributed by atoms with Crippen molar-refractivity contribution in [3.8, 4) is 0 Å². The summed E-state index contributed by atoms with van der Waals surface area (Å²) in [6.45, 7) is 7.33. The second kappa shape index (κ2) is 7.11. The van der Waals surface area contributed by atoms with E-state index in [0.717, 1.165) is 11.1 Å². The molecular weight excluding hydrogens is 270 g/mol. The highest BCUT2D eigenvalue weighted by Gasteiger charge is 2.22. The molecule has 0 aliphatic rings. The van der Waals surface area contributed by atoms with Crippen LogP contribution < -0.4 is 5.32 Å². The Hall–Kier alpha value is -2.04. The monoisotopic (exact) mass is 293 g/mol. The van der Waals surface area contributed by atoms with Crippen molar-refractivity contribution in [2.75, 3.05) is 7.11 Å². The van der Waals surface area contributed by atoms with Crippen LogP contribution in [0.4, 0.5) is 4.79 Å². The minimum Gasteiger partial charge on any atom is -0.469 e. The molecule has 1 amide bonds. The molecule has 0 saturated heterocycles. The predicted octanol–water partition coefficient (Wildman–Crippen LogP) is 3.12. The van der Waals surface area contributed by atoms with Crippen molar-refractivity contribution in [1.82, 2.24) is 5.32 Å². The van der Waals surface area contributed by atoms with Crippen molar-refractivity contribution in [3.05, 3.63) is 35.4 Å². The van der Waals surface area contributed by atoms with Gasteiger partial charge < -0.3 is 14.8 Å². The number of alkyl carbamates (subject to hydrolysis) is 1. The lowest BCUT2D eigenvalue weighted by molar-refractivity contribution is -0.141. The van der Waals surface area contributed by atoms with Crippen LogP contribution in [-0.2, 0) is 14.3 Å². The third kappa shape index (κ3) is 6.29. The van der Waals surface area contributed by atoms with Gasteiger partial charge in [0.05, 0.1) is 19.6 Å². The number of amides is 1. The summed E-state index contributed by atoms with van der Waals surface area (Å²) in [4.78, 5) is 23.4. The molecule has 0 fully saturated rings. The Bertz CT molecular complexity index is 488. The van der Waals surface area contributed by atoms with E-state index < -0.39 is 23.7 Å². The first-order valence-electron chi connectivity index (χ1n) is 6.84. The Morgan fingerprint density at radius 1 is 1.19 bits per heavy atom. The number of rotatable bonds is 4. The van der Waals surface area contributed by atoms with Gasteiger partial charge in [-0.25, -0.2) is 4.79 Å². The normalized spacial score (nSPS) is 12.4. The van der Waals surface area contributed by atoms with Crippen LogP contribution >= 0.6 is 0 Å². The summed E-state index contributed by atoms with van der Waals surface area (Å²) in [5.74, 6) is -0.392. The predicted molar refractivity (Wildman–Crippen MR) is 79.9 cm³/mol. The molecule has 116 valence electrons. The molecule has 1 atom stereocenters. The van der Waals surface area contributed by atoms with Gasteiger partial charge in [-0.15, -0.1) is 0 Å². The van der Waals surface area contributed by atoms with E-state index in [9.17, 15) is 9.59 Å². The topological polar surface area (TPSA) is 64.6 Å². The number of esters is 1. The maximum absolute atomic E-state index is 11.9. The van der Waals surface area contributed by atoms with Gasteiger partial charge in [-0.3, -0.25) is 4.79 Å². The first-order chi connectivity index (χ1) is 9.71. The second-order valence-corrected chi connectivity index (χ2v) is 5.89. The standard InChI is InChI=1S/C16H23NO4/c1-11-6-8-12(9-7-11)13(10-14(18)20-5)17-15(19)21-16(2,3)4/h6-9,13H,10H2,1-5H3,(H,17,19). The molecule has 0 radical (unpaired) electrons. The molecule has 21 heavy (non-hydrogen) atoms. The Morgan fingerprint density at radius 3 is 2.24 bits per heavy atom. The van der Waals surface area contributed by atoms with E-state index in [1.807, 2.05) is 31.2 Å². The van der Waals surface area contributed by atoms with Gasteiger partial charge in [0.15, 0.2) is 0 Å². The minimum absolute atomic E-state index is 0.0544. The van der Waals surface area contributed by atoms with Gasteiger partial charge in [-0.05, 0) is 33.3 Å². The molecule has 1 N–H and O–H groups in total. The molecule has 1 rings (SSSR count). The molecular formula is C16H23NO4. The number of carbonyl (C=O) groups is 2. The highest BCUT2D eigenvalue weighted by Crippen LogP contribution is 2.19. The van der Waals surface area contributed by atoms with Crippen LogP contribution in [0.5, 0.6) is 0 Å². The van der Waals surface area contributed by atoms with Gasteiger partial charge in [0.25, 0.3) is 0 Å².